The van der Waals surface area contributed by atoms with Crippen LogP contribution in [0.15, 0.2) is 151 Å². The Balaban J connectivity index is 1.99. The summed E-state index contributed by atoms with van der Waals surface area (Å²) in [5.41, 5.74) is 6.55. The van der Waals surface area contributed by atoms with Crippen LogP contribution in [-0.4, -0.2) is 106 Å². The summed E-state index contributed by atoms with van der Waals surface area (Å²) in [6.07, 6.45) is 11.1. The van der Waals surface area contributed by atoms with Gasteiger partial charge in [-0.2, -0.15) is 0 Å². The van der Waals surface area contributed by atoms with Gasteiger partial charge in [0.1, 0.15) is 152 Å². The van der Waals surface area contributed by atoms with Gasteiger partial charge in [0.2, 0.25) is 0 Å². The Labute approximate surface area is 472 Å². The molecule has 0 aromatic heterocycles. The number of benzene rings is 4. The minimum absolute atomic E-state index is 0.193. The third-order valence-corrected chi connectivity index (χ3v) is 12.9. The van der Waals surface area contributed by atoms with Crippen molar-refractivity contribution in [2.24, 2.45) is 0 Å². The van der Waals surface area contributed by atoms with Crippen LogP contribution in [0.4, 0.5) is 0 Å². The minimum Gasteiger partial charge on any atom is -0.498 e. The van der Waals surface area contributed by atoms with Crippen LogP contribution >= 0.6 is 0 Å². The van der Waals surface area contributed by atoms with E-state index in [4.69, 9.17) is 75.8 Å². The van der Waals surface area contributed by atoms with Gasteiger partial charge in [0, 0.05) is 92.4 Å². The molecule has 8 bridgehead atoms. The Morgan fingerprint density at radius 1 is 0.225 bits per heavy atom. The van der Waals surface area contributed by atoms with Crippen molar-refractivity contribution in [3.05, 3.63) is 196 Å². The van der Waals surface area contributed by atoms with Crippen molar-refractivity contribution in [1.82, 2.24) is 0 Å². The SMILES string of the molecule is C=COCCOc1cc(OCCOC=C)c2cc1C(C)c1cc(c(OCCOC=C)cc1OCCOC=C)C(C)c1cc(c(OCCOC=C)cc1OCCOC=C)C(C)c1cc(c(OCCOC=C)cc1OCCOC=C)C2C. The largest absolute Gasteiger partial charge is 0.498 e. The van der Waals surface area contributed by atoms with E-state index < -0.39 is 23.7 Å². The second-order valence-electron chi connectivity index (χ2n) is 17.7. The molecule has 0 fully saturated rings. The van der Waals surface area contributed by atoms with E-state index in [0.29, 0.717) is 46.0 Å². The van der Waals surface area contributed by atoms with E-state index in [1.807, 2.05) is 24.3 Å². The van der Waals surface area contributed by atoms with Gasteiger partial charge in [-0.1, -0.05) is 80.3 Å². The van der Waals surface area contributed by atoms with Crippen LogP contribution in [0.3, 0.4) is 0 Å². The molecule has 5 rings (SSSR count). The van der Waals surface area contributed by atoms with Gasteiger partial charge in [-0.15, -0.1) is 0 Å². The summed E-state index contributed by atoms with van der Waals surface area (Å²) in [7, 11) is 0. The molecule has 0 saturated heterocycles. The van der Waals surface area contributed by atoms with Gasteiger partial charge in [0.15, 0.2) is 0 Å². The first-order chi connectivity index (χ1) is 39.1. The molecule has 0 aliphatic heterocycles. The number of fused-ring (bicyclic) bond motifs is 8. The van der Waals surface area contributed by atoms with Crippen molar-refractivity contribution >= 4 is 0 Å². The Bertz CT molecular complexity index is 2130. The number of ether oxygens (including phenoxy) is 16. The van der Waals surface area contributed by atoms with Crippen molar-refractivity contribution in [3.63, 3.8) is 0 Å². The Morgan fingerprint density at radius 3 is 0.463 bits per heavy atom. The summed E-state index contributed by atoms with van der Waals surface area (Å²) in [4.78, 5) is 0. The standard InChI is InChI=1S/C64H80O16/c1-13-65-21-29-73-57-41-58(74-30-22-66-14-2)50-37-49(57)45(9)51-38-52(60(76-32-24-68-16-4)42-59(51)75-31-23-67-15-3)47(11)55-40-56(64(80-36-28-72-20-8)44-63(55)79-35-27-71-19-7)48(12)54-39-53(46(50)10)61(77-33-25-69-17-5)43-62(54)78-34-26-70-18-6/h13-20,37-48H,1-8,21-36H2,9-12H3. The summed E-state index contributed by atoms with van der Waals surface area (Å²) in [5.74, 6) is 2.70. The highest BCUT2D eigenvalue weighted by Crippen LogP contribution is 2.51. The Kier molecular flexibility index (Phi) is 26.9. The molecule has 0 spiro atoms. The first kappa shape index (κ1) is 62.4. The molecule has 4 aromatic rings. The topological polar surface area (TPSA) is 148 Å². The zero-order valence-electron chi connectivity index (χ0n) is 47.0. The first-order valence-corrected chi connectivity index (χ1v) is 26.6. The van der Waals surface area contributed by atoms with Crippen LogP contribution in [-0.2, 0) is 37.9 Å². The smallest absolute Gasteiger partial charge is 0.127 e. The van der Waals surface area contributed by atoms with Crippen LogP contribution < -0.4 is 37.9 Å². The molecule has 432 valence electrons. The van der Waals surface area contributed by atoms with Crippen molar-refractivity contribution in [2.45, 2.75) is 51.4 Å². The van der Waals surface area contributed by atoms with Crippen LogP contribution in [0.2, 0.25) is 0 Å². The molecular weight excluding hydrogens is 1020 g/mol. The predicted molar refractivity (Wildman–Crippen MR) is 309 cm³/mol. The first-order valence-electron chi connectivity index (χ1n) is 26.6. The van der Waals surface area contributed by atoms with E-state index >= 15 is 0 Å². The normalized spacial score (nSPS) is 14.9. The van der Waals surface area contributed by atoms with Gasteiger partial charge in [-0.25, -0.2) is 0 Å². The molecular formula is C64H80O16. The summed E-state index contributed by atoms with van der Waals surface area (Å²) < 4.78 is 97.8. The van der Waals surface area contributed by atoms with E-state index in [-0.39, 0.29) is 106 Å². The quantitative estimate of drug-likeness (QED) is 0.0307. The van der Waals surface area contributed by atoms with Crippen molar-refractivity contribution < 1.29 is 75.8 Å². The lowest BCUT2D eigenvalue weighted by atomic mass is 9.80. The second kappa shape index (κ2) is 34.5. The molecule has 1 aliphatic rings. The summed E-state index contributed by atoms with van der Waals surface area (Å²) in [5, 5.41) is 0. The fourth-order valence-corrected chi connectivity index (χ4v) is 9.02. The summed E-state index contributed by atoms with van der Waals surface area (Å²) >= 11 is 0. The second-order valence-corrected chi connectivity index (χ2v) is 17.7. The molecule has 16 heteroatoms. The zero-order valence-corrected chi connectivity index (χ0v) is 47.0. The lowest BCUT2D eigenvalue weighted by molar-refractivity contribution is 0.171. The third-order valence-electron chi connectivity index (χ3n) is 12.9. The van der Waals surface area contributed by atoms with Gasteiger partial charge in [-0.05, 0) is 24.3 Å². The molecule has 0 radical (unpaired) electrons. The van der Waals surface area contributed by atoms with Crippen molar-refractivity contribution in [2.75, 3.05) is 106 Å². The third kappa shape index (κ3) is 17.8. The van der Waals surface area contributed by atoms with E-state index in [0.717, 1.165) is 44.5 Å². The average Bonchev–Trinajstić information content (AvgIpc) is 3.56. The molecule has 0 unspecified atom stereocenters. The Hall–Kier alpha value is -8.40. The van der Waals surface area contributed by atoms with Gasteiger partial charge < -0.3 is 75.8 Å². The van der Waals surface area contributed by atoms with E-state index in [2.05, 4.69) is 105 Å². The molecule has 0 amide bonds. The van der Waals surface area contributed by atoms with Crippen LogP contribution in [0.25, 0.3) is 0 Å². The maximum atomic E-state index is 6.67. The molecule has 0 saturated carbocycles. The number of hydrogen-bond donors (Lipinski definition) is 0. The van der Waals surface area contributed by atoms with Crippen LogP contribution in [0, 0.1) is 0 Å². The lowest BCUT2D eigenvalue weighted by Gasteiger charge is -2.30. The summed E-state index contributed by atoms with van der Waals surface area (Å²) in [6, 6.07) is 16.2. The lowest BCUT2D eigenvalue weighted by Crippen LogP contribution is -2.16. The Morgan fingerprint density at radius 2 is 0.350 bits per heavy atom. The molecule has 0 N–H and O–H groups in total. The highest BCUT2D eigenvalue weighted by Gasteiger charge is 2.32. The monoisotopic (exact) mass is 1100 g/mol. The molecule has 0 atom stereocenters. The molecule has 1 aliphatic carbocycles. The van der Waals surface area contributed by atoms with Gasteiger partial charge in [0.05, 0.1) is 50.1 Å². The van der Waals surface area contributed by atoms with E-state index in [1.165, 1.54) is 50.1 Å². The number of hydrogen-bond acceptors (Lipinski definition) is 16. The van der Waals surface area contributed by atoms with Gasteiger partial charge in [-0.3, -0.25) is 0 Å². The minimum atomic E-state index is -0.423. The van der Waals surface area contributed by atoms with Crippen LogP contribution in [0.5, 0.6) is 46.0 Å². The summed E-state index contributed by atoms with van der Waals surface area (Å²) in [6.45, 7) is 41.7. The van der Waals surface area contributed by atoms with Gasteiger partial charge in [0.25, 0.3) is 0 Å². The maximum Gasteiger partial charge on any atom is 0.127 e. The van der Waals surface area contributed by atoms with E-state index in [9.17, 15) is 0 Å². The molecule has 16 nitrogen and oxygen atoms in total. The maximum absolute atomic E-state index is 6.67. The fourth-order valence-electron chi connectivity index (χ4n) is 9.02. The molecule has 4 aromatic carbocycles. The fraction of sp³-hybridized carbons (Fsp3) is 0.375. The highest BCUT2D eigenvalue weighted by molar-refractivity contribution is 5.63. The van der Waals surface area contributed by atoms with E-state index in [1.54, 1.807) is 0 Å². The predicted octanol–water partition coefficient (Wildman–Crippen LogP) is 12.9. The van der Waals surface area contributed by atoms with Gasteiger partial charge >= 0.3 is 0 Å². The van der Waals surface area contributed by atoms with Crippen molar-refractivity contribution in [1.29, 1.82) is 0 Å². The zero-order chi connectivity index (χ0) is 57.5. The van der Waals surface area contributed by atoms with Crippen molar-refractivity contribution in [3.8, 4) is 46.0 Å². The molecule has 80 heavy (non-hydrogen) atoms. The average molecular weight is 1110 g/mol. The highest BCUT2D eigenvalue weighted by atomic mass is 16.6. The van der Waals surface area contributed by atoms with Crippen LogP contribution in [0.1, 0.15) is 95.9 Å². The number of rotatable bonds is 40. The molecule has 0 heterocycles.